The van der Waals surface area contributed by atoms with Gasteiger partial charge in [-0.3, -0.25) is 4.79 Å². The van der Waals surface area contributed by atoms with Gasteiger partial charge in [0.2, 0.25) is 6.41 Å². The van der Waals surface area contributed by atoms with Crippen molar-refractivity contribution in [1.82, 2.24) is 0 Å². The molecule has 1 N–H and O–H groups in total. The summed E-state index contributed by atoms with van der Waals surface area (Å²) in [6.45, 7) is 6.12. The Morgan fingerprint density at radius 1 is 1.29 bits per heavy atom. The summed E-state index contributed by atoms with van der Waals surface area (Å²) >= 11 is 0. The number of hydrogen-bond donors (Lipinski definition) is 1. The van der Waals surface area contributed by atoms with Crippen molar-refractivity contribution in [2.24, 2.45) is 0 Å². The van der Waals surface area contributed by atoms with Gasteiger partial charge in [0, 0.05) is 5.69 Å². The Kier molecular flexibility index (Phi) is 7.52. The van der Waals surface area contributed by atoms with Crippen molar-refractivity contribution < 1.29 is 4.79 Å². The van der Waals surface area contributed by atoms with E-state index in [1.807, 2.05) is 38.1 Å². The number of para-hydroxylation sites is 1. The molecule has 0 bridgehead atoms. The Morgan fingerprint density at radius 3 is 2.50 bits per heavy atom. The summed E-state index contributed by atoms with van der Waals surface area (Å²) in [5, 5.41) is 2.68. The zero-order chi connectivity index (χ0) is 10.8. The first-order chi connectivity index (χ1) is 6.88. The van der Waals surface area contributed by atoms with E-state index in [-0.39, 0.29) is 0 Å². The van der Waals surface area contributed by atoms with Crippen LogP contribution in [0.5, 0.6) is 0 Å². The standard InChI is InChI=1S/C10H13NO.C2H6/c1-2-5-9-6-3-4-7-10(9)11-8-12;1-2/h3-4,6-8H,2,5H2,1H3,(H,11,12);1-2H3. The van der Waals surface area contributed by atoms with E-state index in [0.717, 1.165) is 18.5 Å². The van der Waals surface area contributed by atoms with Crippen LogP contribution in [0.4, 0.5) is 5.69 Å². The summed E-state index contributed by atoms with van der Waals surface area (Å²) in [6.07, 6.45) is 2.82. The zero-order valence-electron chi connectivity index (χ0n) is 9.21. The topological polar surface area (TPSA) is 29.1 Å². The molecule has 2 nitrogen and oxygen atoms in total. The van der Waals surface area contributed by atoms with Crippen molar-refractivity contribution in [3.63, 3.8) is 0 Å². The summed E-state index contributed by atoms with van der Waals surface area (Å²) in [5.74, 6) is 0. The molecule has 0 spiro atoms. The molecule has 1 rings (SSSR count). The average Bonchev–Trinajstić information content (AvgIpc) is 2.25. The van der Waals surface area contributed by atoms with Crippen molar-refractivity contribution >= 4 is 12.1 Å². The first kappa shape index (κ1) is 12.7. The largest absolute Gasteiger partial charge is 0.328 e. The second-order valence-electron chi connectivity index (χ2n) is 2.67. The highest BCUT2D eigenvalue weighted by molar-refractivity contribution is 5.73. The molecule has 1 amide bonds. The lowest BCUT2D eigenvalue weighted by Gasteiger charge is -2.05. The molecule has 78 valence electrons. The number of aryl methyl sites for hydroxylation is 1. The van der Waals surface area contributed by atoms with Crippen LogP contribution in [-0.2, 0) is 11.2 Å². The van der Waals surface area contributed by atoms with Crippen molar-refractivity contribution in [3.05, 3.63) is 29.8 Å². The van der Waals surface area contributed by atoms with Gasteiger partial charge in [-0.05, 0) is 18.1 Å². The van der Waals surface area contributed by atoms with Gasteiger partial charge in [-0.2, -0.15) is 0 Å². The molecular formula is C12H19NO. The molecule has 0 atom stereocenters. The molecular weight excluding hydrogens is 174 g/mol. The van der Waals surface area contributed by atoms with Gasteiger partial charge in [-0.15, -0.1) is 0 Å². The van der Waals surface area contributed by atoms with Crippen molar-refractivity contribution in [3.8, 4) is 0 Å². The van der Waals surface area contributed by atoms with E-state index in [1.165, 1.54) is 5.56 Å². The van der Waals surface area contributed by atoms with Gasteiger partial charge in [0.1, 0.15) is 0 Å². The molecule has 0 fully saturated rings. The smallest absolute Gasteiger partial charge is 0.211 e. The fourth-order valence-corrected chi connectivity index (χ4v) is 1.21. The molecule has 0 saturated heterocycles. The molecule has 2 heteroatoms. The minimum atomic E-state index is 0.717. The lowest BCUT2D eigenvalue weighted by molar-refractivity contribution is -0.105. The van der Waals surface area contributed by atoms with Crippen LogP contribution < -0.4 is 5.32 Å². The van der Waals surface area contributed by atoms with Gasteiger partial charge in [0.15, 0.2) is 0 Å². The highest BCUT2D eigenvalue weighted by atomic mass is 16.1. The summed E-state index contributed by atoms with van der Waals surface area (Å²) in [6, 6.07) is 7.86. The molecule has 14 heavy (non-hydrogen) atoms. The maximum absolute atomic E-state index is 10.2. The summed E-state index contributed by atoms with van der Waals surface area (Å²) in [4.78, 5) is 10.2. The Labute approximate surface area is 86.3 Å². The van der Waals surface area contributed by atoms with Crippen molar-refractivity contribution in [2.45, 2.75) is 33.6 Å². The van der Waals surface area contributed by atoms with E-state index in [1.54, 1.807) is 0 Å². The van der Waals surface area contributed by atoms with Crippen LogP contribution in [0.25, 0.3) is 0 Å². The van der Waals surface area contributed by atoms with E-state index in [2.05, 4.69) is 12.2 Å². The molecule has 0 radical (unpaired) electrons. The fourth-order valence-electron chi connectivity index (χ4n) is 1.21. The molecule has 0 saturated carbocycles. The fraction of sp³-hybridized carbons (Fsp3) is 0.417. The first-order valence-corrected chi connectivity index (χ1v) is 5.16. The minimum Gasteiger partial charge on any atom is -0.328 e. The molecule has 1 aromatic rings. The molecule has 1 aromatic carbocycles. The monoisotopic (exact) mass is 193 g/mol. The first-order valence-electron chi connectivity index (χ1n) is 5.16. The lowest BCUT2D eigenvalue weighted by atomic mass is 10.1. The van der Waals surface area contributed by atoms with Crippen LogP contribution in [0.3, 0.4) is 0 Å². The second-order valence-corrected chi connectivity index (χ2v) is 2.67. The van der Waals surface area contributed by atoms with Crippen molar-refractivity contribution in [2.75, 3.05) is 5.32 Å². The summed E-state index contributed by atoms with van der Waals surface area (Å²) in [5.41, 5.74) is 2.13. The number of amides is 1. The van der Waals surface area contributed by atoms with Gasteiger partial charge in [-0.1, -0.05) is 45.4 Å². The highest BCUT2D eigenvalue weighted by Crippen LogP contribution is 2.15. The number of carbonyl (C=O) groups excluding carboxylic acids is 1. The lowest BCUT2D eigenvalue weighted by Crippen LogP contribution is -1.98. The summed E-state index contributed by atoms with van der Waals surface area (Å²) < 4.78 is 0. The SMILES string of the molecule is CC.CCCc1ccccc1NC=O. The molecule has 0 aliphatic carbocycles. The van der Waals surface area contributed by atoms with Crippen LogP contribution in [0.1, 0.15) is 32.8 Å². The second kappa shape index (κ2) is 8.30. The van der Waals surface area contributed by atoms with Gasteiger partial charge in [-0.25, -0.2) is 0 Å². The Hall–Kier alpha value is -1.31. The van der Waals surface area contributed by atoms with E-state index in [0.29, 0.717) is 6.41 Å². The van der Waals surface area contributed by atoms with Crippen LogP contribution in [-0.4, -0.2) is 6.41 Å². The molecule has 0 unspecified atom stereocenters. The predicted molar refractivity (Wildman–Crippen MR) is 61.5 cm³/mol. The number of rotatable bonds is 4. The third-order valence-electron chi connectivity index (χ3n) is 1.75. The van der Waals surface area contributed by atoms with Gasteiger partial charge in [0.05, 0.1) is 0 Å². The maximum Gasteiger partial charge on any atom is 0.211 e. The predicted octanol–water partition coefficient (Wildman–Crippen LogP) is 3.23. The molecule has 0 aliphatic rings. The van der Waals surface area contributed by atoms with E-state index in [9.17, 15) is 4.79 Å². The Balaban J connectivity index is 0.000000791. The average molecular weight is 193 g/mol. The number of nitrogens with one attached hydrogen (secondary N) is 1. The normalized spacial score (nSPS) is 8.50. The Morgan fingerprint density at radius 2 is 1.93 bits per heavy atom. The van der Waals surface area contributed by atoms with E-state index in [4.69, 9.17) is 0 Å². The van der Waals surface area contributed by atoms with Gasteiger partial charge in [0.25, 0.3) is 0 Å². The van der Waals surface area contributed by atoms with Crippen LogP contribution >= 0.6 is 0 Å². The third-order valence-corrected chi connectivity index (χ3v) is 1.75. The summed E-state index contributed by atoms with van der Waals surface area (Å²) in [7, 11) is 0. The Bertz CT molecular complexity index is 258. The molecule has 0 heterocycles. The van der Waals surface area contributed by atoms with E-state index >= 15 is 0 Å². The van der Waals surface area contributed by atoms with Crippen LogP contribution in [0, 0.1) is 0 Å². The van der Waals surface area contributed by atoms with Crippen LogP contribution in [0.15, 0.2) is 24.3 Å². The van der Waals surface area contributed by atoms with Crippen molar-refractivity contribution in [1.29, 1.82) is 0 Å². The van der Waals surface area contributed by atoms with Gasteiger partial charge >= 0.3 is 0 Å². The minimum absolute atomic E-state index is 0.717. The maximum atomic E-state index is 10.2. The third kappa shape index (κ3) is 4.08. The van der Waals surface area contributed by atoms with Crippen LogP contribution in [0.2, 0.25) is 0 Å². The highest BCUT2D eigenvalue weighted by Gasteiger charge is 1.97. The number of benzene rings is 1. The zero-order valence-corrected chi connectivity index (χ0v) is 9.21. The molecule has 0 aliphatic heterocycles. The number of anilines is 1. The molecule has 0 aromatic heterocycles. The van der Waals surface area contributed by atoms with Gasteiger partial charge < -0.3 is 5.32 Å². The number of hydrogen-bond acceptors (Lipinski definition) is 1. The van der Waals surface area contributed by atoms with E-state index < -0.39 is 0 Å². The number of carbonyl (C=O) groups is 1. The quantitative estimate of drug-likeness (QED) is 0.731.